The zero-order chi connectivity index (χ0) is 19.3. The molecule has 4 aromatic carbocycles. The molecule has 28 heavy (non-hydrogen) atoms. The Balaban J connectivity index is 1.42. The summed E-state index contributed by atoms with van der Waals surface area (Å²) in [7, 11) is 1.65. The van der Waals surface area contributed by atoms with E-state index in [2.05, 4.69) is 0 Å². The summed E-state index contributed by atoms with van der Waals surface area (Å²) in [6.45, 7) is 0.295. The van der Waals surface area contributed by atoms with Crippen LogP contribution in [0.25, 0.3) is 21.5 Å². The number of methoxy groups -OCH3 is 1. The first-order valence-electron chi connectivity index (χ1n) is 9.23. The van der Waals surface area contributed by atoms with E-state index < -0.39 is 6.10 Å². The Labute approximate surface area is 163 Å². The van der Waals surface area contributed by atoms with Crippen LogP contribution in [-0.2, 0) is 0 Å². The van der Waals surface area contributed by atoms with Crippen molar-refractivity contribution < 1.29 is 19.3 Å². The van der Waals surface area contributed by atoms with Crippen molar-refractivity contribution in [1.29, 1.82) is 0 Å². The van der Waals surface area contributed by atoms with E-state index in [1.807, 2.05) is 78.9 Å². The number of ether oxygens (including phenoxy) is 3. The van der Waals surface area contributed by atoms with Gasteiger partial charge in [0.15, 0.2) is 0 Å². The maximum atomic E-state index is 10.3. The van der Waals surface area contributed by atoms with E-state index in [9.17, 15) is 5.11 Å². The minimum Gasteiger partial charge on any atom is -0.496 e. The average Bonchev–Trinajstić information content (AvgIpc) is 2.76. The van der Waals surface area contributed by atoms with E-state index in [4.69, 9.17) is 14.2 Å². The summed E-state index contributed by atoms with van der Waals surface area (Å²) in [5.41, 5.74) is 0. The molecule has 4 aromatic rings. The Hall–Kier alpha value is -3.24. The molecule has 0 radical (unpaired) electrons. The fraction of sp³-hybridized carbons (Fsp3) is 0.167. The molecular formula is C24H22O4. The second kappa shape index (κ2) is 8.19. The quantitative estimate of drug-likeness (QED) is 0.504. The zero-order valence-electron chi connectivity index (χ0n) is 15.7. The molecule has 0 spiro atoms. The smallest absolute Gasteiger partial charge is 0.127 e. The summed E-state index contributed by atoms with van der Waals surface area (Å²) in [5, 5.41) is 14.4. The highest BCUT2D eigenvalue weighted by Gasteiger charge is 2.11. The molecule has 0 aliphatic carbocycles. The average molecular weight is 374 g/mol. The maximum Gasteiger partial charge on any atom is 0.127 e. The molecule has 0 amide bonds. The van der Waals surface area contributed by atoms with Crippen LogP contribution in [-0.4, -0.2) is 31.5 Å². The molecule has 4 heteroatoms. The molecule has 0 aliphatic heterocycles. The Kier molecular flexibility index (Phi) is 5.31. The van der Waals surface area contributed by atoms with E-state index in [0.717, 1.165) is 33.0 Å². The fourth-order valence-corrected chi connectivity index (χ4v) is 3.29. The number of hydrogen-bond donors (Lipinski definition) is 1. The van der Waals surface area contributed by atoms with Crippen LogP contribution in [0.15, 0.2) is 78.9 Å². The summed E-state index contributed by atoms with van der Waals surface area (Å²) in [4.78, 5) is 0. The van der Waals surface area contributed by atoms with E-state index in [0.29, 0.717) is 5.75 Å². The maximum absolute atomic E-state index is 10.3. The lowest BCUT2D eigenvalue weighted by Crippen LogP contribution is -2.25. The Morgan fingerprint density at radius 1 is 0.643 bits per heavy atom. The summed E-state index contributed by atoms with van der Waals surface area (Å²) in [5.74, 6) is 2.26. The number of aliphatic hydroxyl groups excluding tert-OH is 1. The normalized spacial score (nSPS) is 12.1. The summed E-state index contributed by atoms with van der Waals surface area (Å²) < 4.78 is 17.1. The van der Waals surface area contributed by atoms with E-state index >= 15 is 0 Å². The van der Waals surface area contributed by atoms with Crippen molar-refractivity contribution in [2.75, 3.05) is 20.3 Å². The van der Waals surface area contributed by atoms with Gasteiger partial charge in [-0.3, -0.25) is 0 Å². The summed E-state index contributed by atoms with van der Waals surface area (Å²) >= 11 is 0. The molecule has 1 unspecified atom stereocenters. The van der Waals surface area contributed by atoms with Crippen LogP contribution in [0, 0.1) is 0 Å². The van der Waals surface area contributed by atoms with Gasteiger partial charge in [0.2, 0.25) is 0 Å². The molecule has 0 aromatic heterocycles. The van der Waals surface area contributed by atoms with E-state index in [1.54, 1.807) is 7.11 Å². The predicted molar refractivity (Wildman–Crippen MR) is 111 cm³/mol. The van der Waals surface area contributed by atoms with Gasteiger partial charge in [-0.15, -0.1) is 0 Å². The van der Waals surface area contributed by atoms with Gasteiger partial charge in [0.1, 0.15) is 36.6 Å². The van der Waals surface area contributed by atoms with Crippen LogP contribution in [0.2, 0.25) is 0 Å². The molecule has 1 atom stereocenters. The van der Waals surface area contributed by atoms with Crippen LogP contribution in [0.3, 0.4) is 0 Å². The van der Waals surface area contributed by atoms with Gasteiger partial charge in [-0.25, -0.2) is 0 Å². The molecule has 0 bridgehead atoms. The van der Waals surface area contributed by atoms with Crippen LogP contribution in [0.4, 0.5) is 0 Å². The number of rotatable bonds is 7. The first-order valence-corrected chi connectivity index (χ1v) is 9.23. The Morgan fingerprint density at radius 3 is 1.89 bits per heavy atom. The van der Waals surface area contributed by atoms with Crippen molar-refractivity contribution in [3.8, 4) is 17.2 Å². The highest BCUT2D eigenvalue weighted by atomic mass is 16.5. The van der Waals surface area contributed by atoms with Crippen molar-refractivity contribution in [3.05, 3.63) is 78.9 Å². The number of benzene rings is 4. The molecule has 0 heterocycles. The van der Waals surface area contributed by atoms with Gasteiger partial charge in [-0.05, 0) is 23.6 Å². The van der Waals surface area contributed by atoms with Crippen molar-refractivity contribution in [1.82, 2.24) is 0 Å². The van der Waals surface area contributed by atoms with Crippen LogP contribution >= 0.6 is 0 Å². The van der Waals surface area contributed by atoms with Crippen LogP contribution < -0.4 is 14.2 Å². The van der Waals surface area contributed by atoms with E-state index in [1.165, 1.54) is 0 Å². The lowest BCUT2D eigenvalue weighted by Gasteiger charge is -2.16. The van der Waals surface area contributed by atoms with E-state index in [-0.39, 0.29) is 13.2 Å². The third-order valence-corrected chi connectivity index (χ3v) is 4.68. The highest BCUT2D eigenvalue weighted by Crippen LogP contribution is 2.33. The monoisotopic (exact) mass is 374 g/mol. The molecule has 1 N–H and O–H groups in total. The van der Waals surface area contributed by atoms with Crippen molar-refractivity contribution in [2.24, 2.45) is 0 Å². The summed E-state index contributed by atoms with van der Waals surface area (Å²) in [6, 6.07) is 25.5. The third kappa shape index (κ3) is 3.73. The number of hydrogen-bond acceptors (Lipinski definition) is 4. The summed E-state index contributed by atoms with van der Waals surface area (Å²) in [6.07, 6.45) is -0.750. The number of fused-ring (bicyclic) bond motifs is 2. The molecule has 0 saturated carbocycles. The lowest BCUT2D eigenvalue weighted by molar-refractivity contribution is 0.0637. The first kappa shape index (κ1) is 18.1. The van der Waals surface area contributed by atoms with Crippen LogP contribution in [0.5, 0.6) is 17.2 Å². The highest BCUT2D eigenvalue weighted by molar-refractivity contribution is 5.93. The predicted octanol–water partition coefficient (Wildman–Crippen LogP) is 4.82. The van der Waals surface area contributed by atoms with Crippen molar-refractivity contribution in [2.45, 2.75) is 6.10 Å². The van der Waals surface area contributed by atoms with Crippen molar-refractivity contribution >= 4 is 21.5 Å². The SMILES string of the molecule is COc1ccc(OCC(O)COc2cccc3ccccc23)c2ccccc12. The Morgan fingerprint density at radius 2 is 1.18 bits per heavy atom. The minimum atomic E-state index is -0.750. The second-order valence-electron chi connectivity index (χ2n) is 6.56. The number of aliphatic hydroxyl groups is 1. The minimum absolute atomic E-state index is 0.140. The molecule has 0 saturated heterocycles. The van der Waals surface area contributed by atoms with Crippen molar-refractivity contribution in [3.63, 3.8) is 0 Å². The molecule has 0 fully saturated rings. The third-order valence-electron chi connectivity index (χ3n) is 4.68. The standard InChI is InChI=1S/C24H22O4/c1-26-22-13-14-24(21-11-5-4-10-20(21)22)28-16-18(25)15-27-23-12-6-8-17-7-2-3-9-19(17)23/h2-14,18,25H,15-16H2,1H3. The fourth-order valence-electron chi connectivity index (χ4n) is 3.29. The molecular weight excluding hydrogens is 352 g/mol. The Bertz CT molecular complexity index is 1080. The molecule has 4 rings (SSSR count). The van der Waals surface area contributed by atoms with Gasteiger partial charge >= 0.3 is 0 Å². The van der Waals surface area contributed by atoms with Gasteiger partial charge in [0.25, 0.3) is 0 Å². The van der Waals surface area contributed by atoms with Gasteiger partial charge in [0.05, 0.1) is 7.11 Å². The molecule has 142 valence electrons. The van der Waals surface area contributed by atoms with Gasteiger partial charge < -0.3 is 19.3 Å². The largest absolute Gasteiger partial charge is 0.496 e. The first-order chi connectivity index (χ1) is 13.8. The van der Waals surface area contributed by atoms with Gasteiger partial charge in [-0.1, -0.05) is 60.7 Å². The van der Waals surface area contributed by atoms with Gasteiger partial charge in [0, 0.05) is 16.2 Å². The second-order valence-corrected chi connectivity index (χ2v) is 6.56. The molecule has 4 nitrogen and oxygen atoms in total. The van der Waals surface area contributed by atoms with Gasteiger partial charge in [-0.2, -0.15) is 0 Å². The topological polar surface area (TPSA) is 47.9 Å². The van der Waals surface area contributed by atoms with Crippen LogP contribution in [0.1, 0.15) is 0 Å². The molecule has 0 aliphatic rings. The zero-order valence-corrected chi connectivity index (χ0v) is 15.7. The lowest BCUT2D eigenvalue weighted by atomic mass is 10.1.